The number of aryl methyl sites for hydroxylation is 3. The summed E-state index contributed by atoms with van der Waals surface area (Å²) in [4.78, 5) is 0. The molecular weight excluding hydrogens is 439 g/mol. The number of rotatable bonds is 13. The second kappa shape index (κ2) is 9.63. The Morgan fingerprint density at radius 2 is 1.48 bits per heavy atom. The zero-order valence-corrected chi connectivity index (χ0v) is 20.3. The highest BCUT2D eigenvalue weighted by Crippen LogP contribution is 2.52. The van der Waals surface area contributed by atoms with Crippen LogP contribution in [0.15, 0.2) is 12.1 Å². The third kappa shape index (κ3) is 6.75. The van der Waals surface area contributed by atoms with Gasteiger partial charge in [0.15, 0.2) is 0 Å². The van der Waals surface area contributed by atoms with Crippen LogP contribution in [-0.2, 0) is 12.8 Å². The molecular formula is C26H41I. The van der Waals surface area contributed by atoms with Crippen LogP contribution in [0.3, 0.4) is 0 Å². The predicted octanol–water partition coefficient (Wildman–Crippen LogP) is 8.67. The van der Waals surface area contributed by atoms with E-state index in [1.807, 2.05) is 0 Å². The molecule has 27 heavy (non-hydrogen) atoms. The molecule has 0 spiro atoms. The Morgan fingerprint density at radius 3 is 2.11 bits per heavy atom. The van der Waals surface area contributed by atoms with E-state index in [9.17, 15) is 0 Å². The highest BCUT2D eigenvalue weighted by atomic mass is 127. The van der Waals surface area contributed by atoms with Crippen LogP contribution in [0.25, 0.3) is 0 Å². The molecule has 0 aliphatic heterocycles. The highest BCUT2D eigenvalue weighted by molar-refractivity contribution is 14.1. The second-order valence-corrected chi connectivity index (χ2v) is 12.1. The Kier molecular flexibility index (Phi) is 7.73. The van der Waals surface area contributed by atoms with Crippen LogP contribution < -0.4 is 0 Å². The lowest BCUT2D eigenvalue weighted by Gasteiger charge is -2.14. The van der Waals surface area contributed by atoms with Gasteiger partial charge in [-0.1, -0.05) is 73.8 Å². The van der Waals surface area contributed by atoms with Gasteiger partial charge in [-0.15, -0.1) is 0 Å². The van der Waals surface area contributed by atoms with Gasteiger partial charge in [-0.05, 0) is 106 Å². The fourth-order valence-electron chi connectivity index (χ4n) is 4.70. The standard InChI is InChI=1S/C26H41I/c1-4-25(15-16-25)13-9-5-7-11-23-19-21(2)22(3)24(20-23)12-8-6-10-14-26(27)17-18-26/h19-20H,4-18H2,1-3H3. The van der Waals surface area contributed by atoms with Crippen molar-refractivity contribution < 1.29 is 0 Å². The van der Waals surface area contributed by atoms with E-state index in [0.717, 1.165) is 5.41 Å². The van der Waals surface area contributed by atoms with E-state index in [1.165, 1.54) is 102 Å². The first kappa shape index (κ1) is 21.7. The smallest absolute Gasteiger partial charge is 0.0223 e. The summed E-state index contributed by atoms with van der Waals surface area (Å²) in [6.45, 7) is 7.03. The van der Waals surface area contributed by atoms with Gasteiger partial charge >= 0.3 is 0 Å². The molecule has 0 aromatic heterocycles. The third-order valence-electron chi connectivity index (χ3n) is 7.58. The molecule has 0 atom stereocenters. The Labute approximate surface area is 182 Å². The van der Waals surface area contributed by atoms with Crippen molar-refractivity contribution in [1.82, 2.24) is 0 Å². The van der Waals surface area contributed by atoms with Gasteiger partial charge in [0.05, 0.1) is 0 Å². The summed E-state index contributed by atoms with van der Waals surface area (Å²) in [6.07, 6.45) is 21.3. The van der Waals surface area contributed by atoms with Gasteiger partial charge in [-0.2, -0.15) is 0 Å². The van der Waals surface area contributed by atoms with Gasteiger partial charge < -0.3 is 0 Å². The molecule has 2 fully saturated rings. The largest absolute Gasteiger partial charge is 0.0789 e. The fourth-order valence-corrected chi connectivity index (χ4v) is 5.35. The van der Waals surface area contributed by atoms with Crippen molar-refractivity contribution in [3.63, 3.8) is 0 Å². The van der Waals surface area contributed by atoms with E-state index < -0.39 is 0 Å². The zero-order valence-electron chi connectivity index (χ0n) is 18.1. The lowest BCUT2D eigenvalue weighted by Crippen LogP contribution is -1.99. The number of halogens is 1. The van der Waals surface area contributed by atoms with Crippen LogP contribution in [-0.4, -0.2) is 3.42 Å². The Bertz CT molecular complexity index is 607. The van der Waals surface area contributed by atoms with E-state index >= 15 is 0 Å². The maximum atomic E-state index is 2.69. The Balaban J connectivity index is 1.38. The van der Waals surface area contributed by atoms with Crippen LogP contribution in [0.4, 0.5) is 0 Å². The topological polar surface area (TPSA) is 0 Å². The molecule has 0 unspecified atom stereocenters. The van der Waals surface area contributed by atoms with Gasteiger partial charge in [0.25, 0.3) is 0 Å². The summed E-state index contributed by atoms with van der Waals surface area (Å²) in [5.74, 6) is 0. The lowest BCUT2D eigenvalue weighted by molar-refractivity contribution is 0.422. The molecule has 0 nitrogen and oxygen atoms in total. The number of unbranched alkanes of at least 4 members (excludes halogenated alkanes) is 4. The number of hydrogen-bond donors (Lipinski definition) is 0. The van der Waals surface area contributed by atoms with Crippen molar-refractivity contribution in [2.24, 2.45) is 5.41 Å². The molecule has 0 amide bonds. The molecule has 0 heterocycles. The minimum absolute atomic E-state index is 0.709. The fraction of sp³-hybridized carbons (Fsp3) is 0.769. The van der Waals surface area contributed by atoms with Gasteiger partial charge in [-0.25, -0.2) is 0 Å². The van der Waals surface area contributed by atoms with Crippen LogP contribution >= 0.6 is 22.6 Å². The number of benzene rings is 1. The first-order chi connectivity index (χ1) is 13.0. The summed E-state index contributed by atoms with van der Waals surface area (Å²) < 4.78 is 0.709. The van der Waals surface area contributed by atoms with Gasteiger partial charge in [-0.3, -0.25) is 0 Å². The molecule has 3 rings (SSSR count). The van der Waals surface area contributed by atoms with E-state index in [4.69, 9.17) is 0 Å². The van der Waals surface area contributed by atoms with E-state index in [0.29, 0.717) is 3.42 Å². The molecule has 2 saturated carbocycles. The van der Waals surface area contributed by atoms with Gasteiger partial charge in [0.1, 0.15) is 0 Å². The monoisotopic (exact) mass is 480 g/mol. The van der Waals surface area contributed by atoms with Crippen molar-refractivity contribution >= 4 is 22.6 Å². The average Bonchev–Trinajstić information content (AvgIpc) is 3.57. The molecule has 2 aliphatic rings. The Morgan fingerprint density at radius 1 is 0.815 bits per heavy atom. The maximum Gasteiger partial charge on any atom is 0.0223 e. The molecule has 0 saturated heterocycles. The van der Waals surface area contributed by atoms with E-state index in [-0.39, 0.29) is 0 Å². The van der Waals surface area contributed by atoms with Crippen LogP contribution in [0.2, 0.25) is 0 Å². The van der Waals surface area contributed by atoms with E-state index in [2.05, 4.69) is 55.5 Å². The minimum Gasteiger partial charge on any atom is -0.0789 e. The molecule has 1 aromatic carbocycles. The molecule has 0 radical (unpaired) electrons. The van der Waals surface area contributed by atoms with Crippen molar-refractivity contribution in [3.05, 3.63) is 34.4 Å². The summed E-state index contributed by atoms with van der Waals surface area (Å²) in [6, 6.07) is 5.00. The molecule has 1 heteroatoms. The molecule has 152 valence electrons. The predicted molar refractivity (Wildman–Crippen MR) is 128 cm³/mol. The normalized spacial score (nSPS) is 19.3. The maximum absolute atomic E-state index is 2.69. The first-order valence-corrected chi connectivity index (χ1v) is 12.8. The van der Waals surface area contributed by atoms with Crippen LogP contribution in [0.5, 0.6) is 0 Å². The number of hydrogen-bond acceptors (Lipinski definition) is 0. The average molecular weight is 481 g/mol. The summed E-state index contributed by atoms with van der Waals surface area (Å²) in [5.41, 5.74) is 7.06. The summed E-state index contributed by atoms with van der Waals surface area (Å²) >= 11 is 2.69. The Hall–Kier alpha value is -0.0500. The first-order valence-electron chi connectivity index (χ1n) is 11.7. The van der Waals surface area contributed by atoms with Gasteiger partial charge in [0, 0.05) is 3.42 Å². The lowest BCUT2D eigenvalue weighted by atomic mass is 9.92. The SMILES string of the molecule is CCC1(CCCCCc2cc(C)c(C)c(CCCCCC3(I)CC3)c2)CC1. The van der Waals surface area contributed by atoms with Crippen LogP contribution in [0.1, 0.15) is 113 Å². The second-order valence-electron chi connectivity index (χ2n) is 9.82. The van der Waals surface area contributed by atoms with Crippen molar-refractivity contribution in [2.75, 3.05) is 0 Å². The summed E-state index contributed by atoms with van der Waals surface area (Å²) in [7, 11) is 0. The van der Waals surface area contributed by atoms with Gasteiger partial charge in [0.2, 0.25) is 0 Å². The zero-order chi connectivity index (χ0) is 19.3. The molecule has 0 N–H and O–H groups in total. The van der Waals surface area contributed by atoms with Crippen LogP contribution in [0, 0.1) is 19.3 Å². The van der Waals surface area contributed by atoms with Crippen molar-refractivity contribution in [2.45, 2.75) is 121 Å². The van der Waals surface area contributed by atoms with Crippen molar-refractivity contribution in [3.8, 4) is 0 Å². The van der Waals surface area contributed by atoms with E-state index in [1.54, 1.807) is 16.7 Å². The quantitative estimate of drug-likeness (QED) is 0.151. The third-order valence-corrected chi connectivity index (χ3v) is 9.20. The highest BCUT2D eigenvalue weighted by Gasteiger charge is 2.39. The minimum atomic E-state index is 0.709. The number of alkyl halides is 1. The summed E-state index contributed by atoms with van der Waals surface area (Å²) in [5, 5.41) is 0. The molecule has 1 aromatic rings. The molecule has 2 aliphatic carbocycles. The molecule has 0 bridgehead atoms. The van der Waals surface area contributed by atoms with Crippen molar-refractivity contribution in [1.29, 1.82) is 0 Å².